The largest absolute Gasteiger partial charge is 0.473 e. The number of esters is 1. The van der Waals surface area contributed by atoms with Crippen LogP contribution in [0.3, 0.4) is 0 Å². The van der Waals surface area contributed by atoms with Crippen LogP contribution in [0, 0.1) is 17.8 Å². The highest BCUT2D eigenvalue weighted by molar-refractivity contribution is 5.84. The smallest absolute Gasteiger partial charge is 0.353 e. The van der Waals surface area contributed by atoms with Crippen LogP contribution in [-0.2, 0) is 14.3 Å². The van der Waals surface area contributed by atoms with E-state index in [-0.39, 0.29) is 24.0 Å². The molecule has 1 saturated carbocycles. The lowest BCUT2D eigenvalue weighted by atomic mass is 9.87. The maximum absolute atomic E-state index is 12.4. The molecule has 0 heterocycles. The number of aliphatic hydroxyl groups excluding tert-OH is 1. The van der Waals surface area contributed by atoms with E-state index in [4.69, 9.17) is 9.47 Å². The Labute approximate surface area is 179 Å². The highest BCUT2D eigenvalue weighted by atomic mass is 16.6. The summed E-state index contributed by atoms with van der Waals surface area (Å²) in [6.07, 6.45) is 10.0. The molecule has 1 aromatic rings. The quantitative estimate of drug-likeness (QED) is 0.353. The fraction of sp³-hybridized carbons (Fsp3) is 0.480. The fourth-order valence-electron chi connectivity index (χ4n) is 3.85. The van der Waals surface area contributed by atoms with Crippen molar-refractivity contribution >= 4 is 11.8 Å². The number of Topliss-reactive ketones (excluding diaryl/α,β-unsaturated/α-hetero) is 1. The van der Waals surface area contributed by atoms with E-state index in [1.165, 1.54) is 7.11 Å². The second-order valence-electron chi connectivity index (χ2n) is 7.74. The van der Waals surface area contributed by atoms with E-state index in [9.17, 15) is 14.7 Å². The number of carbonyl (C=O) groups excluding carboxylic acids is 2. The van der Waals surface area contributed by atoms with Gasteiger partial charge in [-0.25, -0.2) is 4.79 Å². The van der Waals surface area contributed by atoms with Crippen molar-refractivity contribution in [3.63, 3.8) is 0 Å². The normalized spacial score (nSPS) is 22.9. The summed E-state index contributed by atoms with van der Waals surface area (Å²) < 4.78 is 10.7. The molecule has 162 valence electrons. The SMILES string of the molecule is CC/C=C/[C@H]1[C@H](C)CC(=O)[C@@H]1CC=C=CCC(C[16OH])(Oc1ccccc1)C(=O)OC. The number of ether oxygens (including phenoxy) is 2. The Morgan fingerprint density at radius 1 is 1.30 bits per heavy atom. The molecule has 1 aromatic carbocycles. The number of rotatable bonds is 10. The zero-order chi connectivity index (χ0) is 22.0. The summed E-state index contributed by atoms with van der Waals surface area (Å²) in [4.78, 5) is 24.7. The molecule has 0 aliphatic heterocycles. The van der Waals surface area contributed by atoms with Gasteiger partial charge in [0.05, 0.1) is 13.7 Å². The topological polar surface area (TPSA) is 72.8 Å². The van der Waals surface area contributed by atoms with Gasteiger partial charge in [-0.05, 0) is 49.0 Å². The molecule has 1 aliphatic rings. The first-order valence-corrected chi connectivity index (χ1v) is 10.5. The van der Waals surface area contributed by atoms with Crippen LogP contribution in [0.15, 0.2) is 60.4 Å². The first-order valence-electron chi connectivity index (χ1n) is 10.5. The molecule has 5 nitrogen and oxygen atoms in total. The molecule has 2 rings (SSSR count). The van der Waals surface area contributed by atoms with Crippen LogP contribution in [-0.4, -0.2) is 36.2 Å². The summed E-state index contributed by atoms with van der Waals surface area (Å²) in [7, 11) is 1.26. The molecule has 0 saturated heterocycles. The van der Waals surface area contributed by atoms with Crippen LogP contribution in [0.25, 0.3) is 0 Å². The van der Waals surface area contributed by atoms with Gasteiger partial charge in [0.25, 0.3) is 0 Å². The third-order valence-electron chi connectivity index (χ3n) is 5.56. The minimum absolute atomic E-state index is 0.0347. The molecule has 1 unspecified atom stereocenters. The van der Waals surface area contributed by atoms with Gasteiger partial charge in [-0.3, -0.25) is 4.79 Å². The Kier molecular flexibility index (Phi) is 9.10. The minimum Gasteiger partial charge on any atom is -0.473 e. The van der Waals surface area contributed by atoms with E-state index in [2.05, 4.69) is 31.7 Å². The van der Waals surface area contributed by atoms with Crippen molar-refractivity contribution in [2.24, 2.45) is 17.8 Å². The highest BCUT2D eigenvalue weighted by Crippen LogP contribution is 2.37. The van der Waals surface area contributed by atoms with E-state index >= 15 is 0 Å². The van der Waals surface area contributed by atoms with Crippen molar-refractivity contribution in [3.05, 3.63) is 60.4 Å². The van der Waals surface area contributed by atoms with Crippen LogP contribution < -0.4 is 4.74 Å². The number of methoxy groups -OCH3 is 1. The van der Waals surface area contributed by atoms with Gasteiger partial charge in [0.15, 0.2) is 0 Å². The number of aliphatic hydroxyl groups is 1. The summed E-state index contributed by atoms with van der Waals surface area (Å²) in [5, 5.41) is 9.91. The Bertz CT molecular complexity index is 791. The first kappa shape index (κ1) is 23.7. The molecule has 0 bridgehead atoms. The van der Waals surface area contributed by atoms with Crippen LogP contribution in [0.1, 0.15) is 39.5 Å². The third-order valence-corrected chi connectivity index (χ3v) is 5.56. The molecule has 0 radical (unpaired) electrons. The summed E-state index contributed by atoms with van der Waals surface area (Å²) in [5.74, 6) is 0.666. The predicted molar refractivity (Wildman–Crippen MR) is 116 cm³/mol. The molecular weight excluding hydrogens is 380 g/mol. The van der Waals surface area contributed by atoms with Crippen molar-refractivity contribution in [2.45, 2.75) is 45.1 Å². The number of benzene rings is 1. The zero-order valence-electron chi connectivity index (χ0n) is 18.0. The van der Waals surface area contributed by atoms with Crippen molar-refractivity contribution in [1.29, 1.82) is 0 Å². The van der Waals surface area contributed by atoms with Gasteiger partial charge in [0.1, 0.15) is 11.5 Å². The number of allylic oxidation sites excluding steroid dienone is 2. The molecule has 30 heavy (non-hydrogen) atoms. The van der Waals surface area contributed by atoms with E-state index in [0.29, 0.717) is 24.5 Å². The van der Waals surface area contributed by atoms with Crippen LogP contribution >= 0.6 is 0 Å². The summed E-state index contributed by atoms with van der Waals surface area (Å²) >= 11 is 0. The van der Waals surface area contributed by atoms with Gasteiger partial charge in [-0.2, -0.15) is 0 Å². The highest BCUT2D eigenvalue weighted by Gasteiger charge is 2.41. The maximum atomic E-state index is 12.4. The predicted octanol–water partition coefficient (Wildman–Crippen LogP) is 4.27. The molecule has 0 aromatic heterocycles. The maximum Gasteiger partial charge on any atom is 0.353 e. The molecule has 1 N–H and O–H groups in total. The second-order valence-corrected chi connectivity index (χ2v) is 7.74. The molecular formula is C25H32O5. The van der Waals surface area contributed by atoms with Gasteiger partial charge in [0, 0.05) is 18.8 Å². The molecule has 1 fully saturated rings. The summed E-state index contributed by atoms with van der Waals surface area (Å²) in [6.45, 7) is 3.67. The van der Waals surface area contributed by atoms with Crippen molar-refractivity contribution in [2.75, 3.05) is 13.7 Å². The molecule has 4 atom stereocenters. The van der Waals surface area contributed by atoms with Gasteiger partial charge < -0.3 is 14.6 Å². The average molecular weight is 413 g/mol. The van der Waals surface area contributed by atoms with E-state index in [1.807, 2.05) is 12.1 Å². The van der Waals surface area contributed by atoms with Gasteiger partial charge in [-0.15, -0.1) is 5.73 Å². The Morgan fingerprint density at radius 2 is 2.03 bits per heavy atom. The van der Waals surface area contributed by atoms with Crippen LogP contribution in [0.4, 0.5) is 0 Å². The molecule has 5 heteroatoms. The van der Waals surface area contributed by atoms with E-state index in [0.717, 1.165) is 6.42 Å². The monoisotopic (exact) mass is 412 g/mol. The molecule has 0 amide bonds. The number of hydrogen-bond donors (Lipinski definition) is 1. The number of ketones is 1. The standard InChI is InChI=1S/C25H32O5/c1-4-5-14-21-19(2)17-23(27)22(21)15-10-7-11-16-25(18-26,24(28)29-3)30-20-12-8-6-9-13-20/h5-6,8-14,19,21-22,26H,4,15-18H2,1-3H3/b14-5+/t7?,19-,21+,22-,25?/m1/s1/i26+0. The summed E-state index contributed by atoms with van der Waals surface area (Å²) in [5.41, 5.74) is 1.51. The summed E-state index contributed by atoms with van der Waals surface area (Å²) in [6, 6.07) is 8.83. The second kappa shape index (κ2) is 11.5. The van der Waals surface area contributed by atoms with Gasteiger partial charge >= 0.3 is 5.97 Å². The van der Waals surface area contributed by atoms with E-state index in [1.54, 1.807) is 30.3 Å². The average Bonchev–Trinajstić information content (AvgIpc) is 3.03. The number of para-hydroxylation sites is 1. The first-order chi connectivity index (χ1) is 14.5. The van der Waals surface area contributed by atoms with Crippen LogP contribution in [0.5, 0.6) is 5.75 Å². The van der Waals surface area contributed by atoms with Gasteiger partial charge in [-0.1, -0.05) is 44.2 Å². The van der Waals surface area contributed by atoms with Gasteiger partial charge in [0.2, 0.25) is 5.60 Å². The zero-order valence-corrected chi connectivity index (χ0v) is 18.0. The van der Waals surface area contributed by atoms with Crippen molar-refractivity contribution < 1.29 is 24.2 Å². The molecule has 0 spiro atoms. The van der Waals surface area contributed by atoms with Crippen LogP contribution in [0.2, 0.25) is 0 Å². The lowest BCUT2D eigenvalue weighted by Gasteiger charge is -2.28. The van der Waals surface area contributed by atoms with E-state index < -0.39 is 18.2 Å². The lowest BCUT2D eigenvalue weighted by Crippen LogP contribution is -2.48. The number of carbonyl (C=O) groups is 2. The lowest BCUT2D eigenvalue weighted by molar-refractivity contribution is -0.162. The van der Waals surface area contributed by atoms with Crippen molar-refractivity contribution in [3.8, 4) is 5.75 Å². The third kappa shape index (κ3) is 5.94. The molecule has 1 aliphatic carbocycles. The Hall–Kier alpha value is -2.62. The minimum atomic E-state index is -1.54. The van der Waals surface area contributed by atoms with Crippen molar-refractivity contribution in [1.82, 2.24) is 0 Å². The number of hydrogen-bond acceptors (Lipinski definition) is 5. The fourth-order valence-corrected chi connectivity index (χ4v) is 3.85. The Balaban J connectivity index is 2.10. The Morgan fingerprint density at radius 3 is 2.67 bits per heavy atom.